The van der Waals surface area contributed by atoms with E-state index in [1.807, 2.05) is 0 Å². The first-order valence-corrected chi connectivity index (χ1v) is 7.86. The van der Waals surface area contributed by atoms with Gasteiger partial charge in [0.05, 0.1) is 6.54 Å². The van der Waals surface area contributed by atoms with Crippen LogP contribution in [0.25, 0.3) is 0 Å². The number of carbonyl (C=O) groups excluding carboxylic acids is 2. The molecule has 3 amide bonds. The van der Waals surface area contributed by atoms with E-state index in [1.165, 1.54) is 13.0 Å². The molecule has 2 aromatic carbocycles. The number of amides is 3. The van der Waals surface area contributed by atoms with Crippen molar-refractivity contribution in [3.05, 3.63) is 59.2 Å². The van der Waals surface area contributed by atoms with Crippen molar-refractivity contribution in [1.82, 2.24) is 10.2 Å². The summed E-state index contributed by atoms with van der Waals surface area (Å²) in [5.74, 6) is -1.52. The Bertz CT molecular complexity index is 933. The van der Waals surface area contributed by atoms with Crippen molar-refractivity contribution in [2.75, 3.05) is 6.79 Å². The highest BCUT2D eigenvalue weighted by atomic mass is 19.2. The fraction of sp³-hybridized carbons (Fsp3) is 0.222. The number of urea groups is 1. The number of nitrogens with zero attached hydrogens (tertiary/aromatic N) is 1. The van der Waals surface area contributed by atoms with E-state index in [0.717, 1.165) is 17.0 Å². The molecule has 1 N–H and O–H groups in total. The van der Waals surface area contributed by atoms with Crippen LogP contribution in [0.15, 0.2) is 36.4 Å². The molecule has 2 aliphatic rings. The third-order valence-corrected chi connectivity index (χ3v) is 4.55. The monoisotopic (exact) mass is 360 g/mol. The average Bonchev–Trinajstić information content (AvgIpc) is 3.16. The Morgan fingerprint density at radius 1 is 1.08 bits per heavy atom. The van der Waals surface area contributed by atoms with Crippen molar-refractivity contribution in [3.8, 4) is 11.5 Å². The van der Waals surface area contributed by atoms with Crippen LogP contribution in [0.2, 0.25) is 0 Å². The quantitative estimate of drug-likeness (QED) is 0.855. The number of hydrogen-bond acceptors (Lipinski definition) is 4. The van der Waals surface area contributed by atoms with Crippen LogP contribution in [-0.4, -0.2) is 23.6 Å². The van der Waals surface area contributed by atoms with Crippen LogP contribution in [0.5, 0.6) is 11.5 Å². The van der Waals surface area contributed by atoms with Crippen LogP contribution in [-0.2, 0) is 16.9 Å². The van der Waals surface area contributed by atoms with Gasteiger partial charge in [0, 0.05) is 0 Å². The van der Waals surface area contributed by atoms with Crippen LogP contribution in [0.1, 0.15) is 18.1 Å². The third kappa shape index (κ3) is 2.45. The van der Waals surface area contributed by atoms with Crippen LogP contribution >= 0.6 is 0 Å². The molecule has 4 rings (SSSR count). The molecule has 1 atom stereocenters. The van der Waals surface area contributed by atoms with Gasteiger partial charge in [0.2, 0.25) is 6.79 Å². The minimum Gasteiger partial charge on any atom is -0.454 e. The molecule has 0 spiro atoms. The predicted octanol–water partition coefficient (Wildman–Crippen LogP) is 2.66. The van der Waals surface area contributed by atoms with E-state index in [0.29, 0.717) is 17.1 Å². The van der Waals surface area contributed by atoms with Gasteiger partial charge in [-0.05, 0) is 42.3 Å². The van der Waals surface area contributed by atoms with Gasteiger partial charge >= 0.3 is 6.03 Å². The first-order valence-electron chi connectivity index (χ1n) is 7.86. The van der Waals surface area contributed by atoms with Crippen LogP contribution in [0, 0.1) is 11.6 Å². The summed E-state index contributed by atoms with van der Waals surface area (Å²) in [5, 5.41) is 2.56. The van der Waals surface area contributed by atoms with Gasteiger partial charge in [0.25, 0.3) is 5.91 Å². The summed E-state index contributed by atoms with van der Waals surface area (Å²) in [6.07, 6.45) is 0. The lowest BCUT2D eigenvalue weighted by molar-refractivity contribution is -0.131. The molecule has 2 heterocycles. The zero-order valence-corrected chi connectivity index (χ0v) is 13.7. The highest BCUT2D eigenvalue weighted by molar-refractivity contribution is 6.07. The van der Waals surface area contributed by atoms with E-state index >= 15 is 0 Å². The Kier molecular flexibility index (Phi) is 3.57. The lowest BCUT2D eigenvalue weighted by Gasteiger charge is -2.22. The maximum Gasteiger partial charge on any atom is 0.325 e. The molecule has 1 saturated heterocycles. The summed E-state index contributed by atoms with van der Waals surface area (Å²) >= 11 is 0. The van der Waals surface area contributed by atoms with Crippen LogP contribution < -0.4 is 14.8 Å². The van der Waals surface area contributed by atoms with Gasteiger partial charge in [-0.15, -0.1) is 0 Å². The standard InChI is InChI=1S/C18H14F2N2O4/c1-18(11-3-4-12(19)13(20)7-11)16(23)22(17(24)21-18)8-10-2-5-14-15(6-10)26-9-25-14/h2-7H,8-9H2,1H3,(H,21,24)/t18-/m0/s1. The molecule has 2 aromatic rings. The Labute approximate surface area is 147 Å². The SMILES string of the molecule is C[C@@]1(c2ccc(F)c(F)c2)NC(=O)N(Cc2ccc3c(c2)OCO3)C1=O. The Balaban J connectivity index is 1.61. The minimum absolute atomic E-state index is 0.0145. The molecule has 26 heavy (non-hydrogen) atoms. The summed E-state index contributed by atoms with van der Waals surface area (Å²) in [5.41, 5.74) is -0.627. The van der Waals surface area contributed by atoms with Crippen molar-refractivity contribution >= 4 is 11.9 Å². The lowest BCUT2D eigenvalue weighted by atomic mass is 9.92. The van der Waals surface area contributed by atoms with Crippen LogP contribution in [0.4, 0.5) is 13.6 Å². The molecule has 0 saturated carbocycles. The number of benzene rings is 2. The van der Waals surface area contributed by atoms with E-state index in [4.69, 9.17) is 9.47 Å². The van der Waals surface area contributed by atoms with Crippen molar-refractivity contribution in [1.29, 1.82) is 0 Å². The summed E-state index contributed by atoms with van der Waals surface area (Å²) in [4.78, 5) is 26.2. The fourth-order valence-corrected chi connectivity index (χ4v) is 3.07. The molecule has 134 valence electrons. The van der Waals surface area contributed by atoms with Crippen molar-refractivity contribution in [2.24, 2.45) is 0 Å². The van der Waals surface area contributed by atoms with E-state index in [2.05, 4.69) is 5.32 Å². The molecule has 6 nitrogen and oxygen atoms in total. The van der Waals surface area contributed by atoms with Gasteiger partial charge in [-0.25, -0.2) is 13.6 Å². The van der Waals surface area contributed by atoms with Crippen molar-refractivity contribution in [3.63, 3.8) is 0 Å². The minimum atomic E-state index is -1.47. The maximum atomic E-state index is 13.6. The number of ether oxygens (including phenoxy) is 2. The zero-order chi connectivity index (χ0) is 18.5. The van der Waals surface area contributed by atoms with E-state index in [9.17, 15) is 18.4 Å². The van der Waals surface area contributed by atoms with E-state index in [-0.39, 0.29) is 18.9 Å². The number of halogens is 2. The number of nitrogens with one attached hydrogen (secondary N) is 1. The molecule has 0 aromatic heterocycles. The number of hydrogen-bond donors (Lipinski definition) is 1. The Hall–Kier alpha value is -3.16. The second kappa shape index (κ2) is 5.69. The normalized spacial score (nSPS) is 21.3. The molecule has 8 heteroatoms. The summed E-state index contributed by atoms with van der Waals surface area (Å²) < 4.78 is 37.3. The van der Waals surface area contributed by atoms with Gasteiger partial charge in [-0.2, -0.15) is 0 Å². The molecule has 2 aliphatic heterocycles. The molecule has 0 aliphatic carbocycles. The van der Waals surface area contributed by atoms with Gasteiger partial charge in [0.15, 0.2) is 23.1 Å². The fourth-order valence-electron chi connectivity index (χ4n) is 3.07. The first-order chi connectivity index (χ1) is 12.4. The molecular formula is C18H14F2N2O4. The molecule has 0 radical (unpaired) electrons. The molecular weight excluding hydrogens is 346 g/mol. The second-order valence-electron chi connectivity index (χ2n) is 6.26. The molecule has 1 fully saturated rings. The molecule has 0 unspecified atom stereocenters. The average molecular weight is 360 g/mol. The summed E-state index contributed by atoms with van der Waals surface area (Å²) in [7, 11) is 0. The van der Waals surface area contributed by atoms with Gasteiger partial charge in [0.1, 0.15) is 5.54 Å². The van der Waals surface area contributed by atoms with Gasteiger partial charge in [-0.1, -0.05) is 12.1 Å². The zero-order valence-electron chi connectivity index (χ0n) is 13.7. The molecule has 0 bridgehead atoms. The number of fused-ring (bicyclic) bond motifs is 1. The topological polar surface area (TPSA) is 67.9 Å². The summed E-state index contributed by atoms with van der Waals surface area (Å²) in [6.45, 7) is 1.59. The predicted molar refractivity (Wildman–Crippen MR) is 85.4 cm³/mol. The van der Waals surface area contributed by atoms with E-state index < -0.39 is 29.1 Å². The maximum absolute atomic E-state index is 13.6. The van der Waals surface area contributed by atoms with Crippen LogP contribution in [0.3, 0.4) is 0 Å². The second-order valence-corrected chi connectivity index (χ2v) is 6.26. The third-order valence-electron chi connectivity index (χ3n) is 4.55. The first kappa shape index (κ1) is 16.3. The Morgan fingerprint density at radius 2 is 1.85 bits per heavy atom. The number of carbonyl (C=O) groups is 2. The highest BCUT2D eigenvalue weighted by Gasteiger charge is 2.49. The largest absolute Gasteiger partial charge is 0.454 e. The van der Waals surface area contributed by atoms with Gasteiger partial charge in [-0.3, -0.25) is 9.69 Å². The number of imide groups is 1. The van der Waals surface area contributed by atoms with Crippen molar-refractivity contribution < 1.29 is 27.8 Å². The number of rotatable bonds is 3. The van der Waals surface area contributed by atoms with Gasteiger partial charge < -0.3 is 14.8 Å². The van der Waals surface area contributed by atoms with E-state index in [1.54, 1.807) is 18.2 Å². The lowest BCUT2D eigenvalue weighted by Crippen LogP contribution is -2.41. The summed E-state index contributed by atoms with van der Waals surface area (Å²) in [6, 6.07) is 7.62. The highest BCUT2D eigenvalue weighted by Crippen LogP contribution is 2.34. The Morgan fingerprint density at radius 3 is 2.62 bits per heavy atom. The van der Waals surface area contributed by atoms with Crippen molar-refractivity contribution in [2.45, 2.75) is 19.0 Å². The smallest absolute Gasteiger partial charge is 0.325 e.